The zero-order chi connectivity index (χ0) is 12.2. The molecule has 0 spiro atoms. The molecular weight excluding hydrogens is 220 g/mol. The van der Waals surface area contributed by atoms with E-state index < -0.39 is 0 Å². The number of nitrogens with zero attached hydrogens (tertiary/aromatic N) is 2. The molecule has 1 aliphatic carbocycles. The van der Waals surface area contributed by atoms with Crippen LogP contribution in [0.4, 0.5) is 0 Å². The van der Waals surface area contributed by atoms with E-state index in [0.717, 1.165) is 18.2 Å². The van der Waals surface area contributed by atoms with Crippen LogP contribution in [0.2, 0.25) is 0 Å². The van der Waals surface area contributed by atoms with Gasteiger partial charge in [-0.1, -0.05) is 49.6 Å². The molecule has 1 aliphatic rings. The van der Waals surface area contributed by atoms with E-state index in [9.17, 15) is 0 Å². The Morgan fingerprint density at radius 1 is 1.00 bits per heavy atom. The normalized spacial score (nSPS) is 16.9. The van der Waals surface area contributed by atoms with Gasteiger partial charge in [-0.25, -0.2) is 0 Å². The van der Waals surface area contributed by atoms with E-state index in [2.05, 4.69) is 41.2 Å². The molecule has 1 saturated carbocycles. The average molecular weight is 240 g/mol. The Morgan fingerprint density at radius 2 is 1.78 bits per heavy atom. The van der Waals surface area contributed by atoms with Crippen molar-refractivity contribution in [2.24, 2.45) is 5.92 Å². The lowest BCUT2D eigenvalue weighted by Crippen LogP contribution is -2.14. The second-order valence-electron chi connectivity index (χ2n) is 5.29. The van der Waals surface area contributed by atoms with Crippen molar-refractivity contribution < 1.29 is 0 Å². The van der Waals surface area contributed by atoms with Gasteiger partial charge in [0.15, 0.2) is 0 Å². The summed E-state index contributed by atoms with van der Waals surface area (Å²) in [6.45, 7) is 1.09. The standard InChI is InChI=1S/C16H20N2/c1-3-7-14(8-4-1)13-18-12-11-16(17-18)15-9-5-2-6-10-15/h2,5-6,9-12,14H,1,3-4,7-8,13H2. The third-order valence-electron chi connectivity index (χ3n) is 3.88. The van der Waals surface area contributed by atoms with E-state index in [4.69, 9.17) is 5.10 Å². The highest BCUT2D eigenvalue weighted by molar-refractivity contribution is 5.57. The minimum Gasteiger partial charge on any atom is -0.272 e. The quantitative estimate of drug-likeness (QED) is 0.788. The van der Waals surface area contributed by atoms with Crippen LogP contribution in [0.25, 0.3) is 11.3 Å². The minimum atomic E-state index is 0.835. The molecule has 0 atom stereocenters. The molecule has 3 rings (SSSR count). The molecule has 0 amide bonds. The maximum absolute atomic E-state index is 4.69. The molecule has 0 bridgehead atoms. The van der Waals surface area contributed by atoms with Crippen molar-refractivity contribution in [3.63, 3.8) is 0 Å². The Bertz CT molecular complexity index is 481. The minimum absolute atomic E-state index is 0.835. The van der Waals surface area contributed by atoms with Crippen molar-refractivity contribution in [2.45, 2.75) is 38.6 Å². The molecule has 0 N–H and O–H groups in total. The summed E-state index contributed by atoms with van der Waals surface area (Å²) in [5, 5.41) is 4.69. The van der Waals surface area contributed by atoms with Gasteiger partial charge in [-0.05, 0) is 24.8 Å². The predicted molar refractivity (Wildman–Crippen MR) is 74.2 cm³/mol. The molecule has 0 saturated heterocycles. The summed E-state index contributed by atoms with van der Waals surface area (Å²) in [6.07, 6.45) is 9.10. The van der Waals surface area contributed by atoms with Crippen molar-refractivity contribution >= 4 is 0 Å². The lowest BCUT2D eigenvalue weighted by atomic mass is 9.89. The zero-order valence-electron chi connectivity index (χ0n) is 10.8. The largest absolute Gasteiger partial charge is 0.272 e. The molecule has 1 fully saturated rings. The molecule has 1 aromatic heterocycles. The molecular formula is C16H20N2. The van der Waals surface area contributed by atoms with Crippen molar-refractivity contribution in [1.29, 1.82) is 0 Å². The van der Waals surface area contributed by atoms with E-state index in [-0.39, 0.29) is 0 Å². The highest BCUT2D eigenvalue weighted by Gasteiger charge is 2.14. The van der Waals surface area contributed by atoms with Crippen LogP contribution in [-0.2, 0) is 6.54 Å². The van der Waals surface area contributed by atoms with Crippen LogP contribution in [-0.4, -0.2) is 9.78 Å². The molecule has 1 heterocycles. The molecule has 2 aromatic rings. The van der Waals surface area contributed by atoms with Crippen molar-refractivity contribution in [2.75, 3.05) is 0 Å². The lowest BCUT2D eigenvalue weighted by Gasteiger charge is -2.21. The molecule has 18 heavy (non-hydrogen) atoms. The van der Waals surface area contributed by atoms with Crippen molar-refractivity contribution in [3.05, 3.63) is 42.6 Å². The first-order valence-corrected chi connectivity index (χ1v) is 7.01. The van der Waals surface area contributed by atoms with Crippen LogP contribution in [0.3, 0.4) is 0 Å². The van der Waals surface area contributed by atoms with Gasteiger partial charge in [-0.3, -0.25) is 4.68 Å². The first kappa shape index (κ1) is 11.5. The highest BCUT2D eigenvalue weighted by atomic mass is 15.3. The first-order valence-electron chi connectivity index (χ1n) is 7.01. The SMILES string of the molecule is c1ccc(-c2ccn(CC3CCCCC3)n2)cc1. The van der Waals surface area contributed by atoms with Gasteiger partial charge in [0.2, 0.25) is 0 Å². The maximum Gasteiger partial charge on any atom is 0.0923 e. The molecule has 0 unspecified atom stereocenters. The van der Waals surface area contributed by atoms with Gasteiger partial charge in [-0.2, -0.15) is 5.10 Å². The van der Waals surface area contributed by atoms with Crippen LogP contribution in [0.5, 0.6) is 0 Å². The zero-order valence-corrected chi connectivity index (χ0v) is 10.8. The lowest BCUT2D eigenvalue weighted by molar-refractivity contribution is 0.308. The Morgan fingerprint density at radius 3 is 2.56 bits per heavy atom. The van der Waals surface area contributed by atoms with Gasteiger partial charge in [-0.15, -0.1) is 0 Å². The smallest absolute Gasteiger partial charge is 0.0923 e. The van der Waals surface area contributed by atoms with Crippen molar-refractivity contribution in [3.8, 4) is 11.3 Å². The molecule has 0 radical (unpaired) electrons. The Kier molecular flexibility index (Phi) is 3.44. The number of hydrogen-bond donors (Lipinski definition) is 0. The van der Waals surface area contributed by atoms with Crippen molar-refractivity contribution in [1.82, 2.24) is 9.78 Å². The maximum atomic E-state index is 4.69. The Balaban J connectivity index is 1.69. The molecule has 94 valence electrons. The fourth-order valence-electron chi connectivity index (χ4n) is 2.86. The van der Waals surface area contributed by atoms with E-state index in [0.29, 0.717) is 0 Å². The highest BCUT2D eigenvalue weighted by Crippen LogP contribution is 2.25. The second kappa shape index (κ2) is 5.38. The van der Waals surface area contributed by atoms with Gasteiger partial charge in [0.1, 0.15) is 0 Å². The van der Waals surface area contributed by atoms with Crippen LogP contribution in [0, 0.1) is 5.92 Å². The van der Waals surface area contributed by atoms with Gasteiger partial charge >= 0.3 is 0 Å². The number of benzene rings is 1. The molecule has 2 nitrogen and oxygen atoms in total. The Labute approximate surface area is 109 Å². The molecule has 2 heteroatoms. The van der Waals surface area contributed by atoms with E-state index >= 15 is 0 Å². The predicted octanol–water partition coefficient (Wildman–Crippen LogP) is 4.13. The fourth-order valence-corrected chi connectivity index (χ4v) is 2.86. The van der Waals surface area contributed by atoms with E-state index in [1.54, 1.807) is 0 Å². The van der Waals surface area contributed by atoms with Crippen LogP contribution < -0.4 is 0 Å². The van der Waals surface area contributed by atoms with Crippen LogP contribution in [0.15, 0.2) is 42.6 Å². The van der Waals surface area contributed by atoms with Crippen LogP contribution in [0.1, 0.15) is 32.1 Å². The molecule has 0 aliphatic heterocycles. The summed E-state index contributed by atoms with van der Waals surface area (Å²) in [4.78, 5) is 0. The van der Waals surface area contributed by atoms with E-state index in [1.165, 1.54) is 37.7 Å². The average Bonchev–Trinajstić information content (AvgIpc) is 2.89. The van der Waals surface area contributed by atoms with E-state index in [1.807, 2.05) is 6.07 Å². The number of rotatable bonds is 3. The van der Waals surface area contributed by atoms with Gasteiger partial charge < -0.3 is 0 Å². The van der Waals surface area contributed by atoms with Gasteiger partial charge in [0.25, 0.3) is 0 Å². The summed E-state index contributed by atoms with van der Waals surface area (Å²) >= 11 is 0. The summed E-state index contributed by atoms with van der Waals surface area (Å²) in [6, 6.07) is 12.5. The summed E-state index contributed by atoms with van der Waals surface area (Å²) in [5.41, 5.74) is 2.30. The third kappa shape index (κ3) is 2.63. The summed E-state index contributed by atoms with van der Waals surface area (Å²) in [5.74, 6) is 0.835. The topological polar surface area (TPSA) is 17.8 Å². The summed E-state index contributed by atoms with van der Waals surface area (Å²) < 4.78 is 2.12. The Hall–Kier alpha value is -1.57. The summed E-state index contributed by atoms with van der Waals surface area (Å²) in [7, 11) is 0. The van der Waals surface area contributed by atoms with Gasteiger partial charge in [0.05, 0.1) is 5.69 Å². The number of hydrogen-bond acceptors (Lipinski definition) is 1. The second-order valence-corrected chi connectivity index (χ2v) is 5.29. The molecule has 1 aromatic carbocycles. The van der Waals surface area contributed by atoms with Gasteiger partial charge in [0, 0.05) is 18.3 Å². The third-order valence-corrected chi connectivity index (χ3v) is 3.88. The monoisotopic (exact) mass is 240 g/mol. The number of aromatic nitrogens is 2. The van der Waals surface area contributed by atoms with Crippen LogP contribution >= 0.6 is 0 Å². The fraction of sp³-hybridized carbons (Fsp3) is 0.438. The first-order chi connectivity index (χ1) is 8.92.